The summed E-state index contributed by atoms with van der Waals surface area (Å²) in [4.78, 5) is 36.0. The van der Waals surface area contributed by atoms with Crippen LogP contribution in [0.4, 0.5) is 10.3 Å². The van der Waals surface area contributed by atoms with Gasteiger partial charge in [-0.1, -0.05) is 72.8 Å². The number of nitrogens with zero attached hydrogens (tertiary/aromatic N) is 2. The summed E-state index contributed by atoms with van der Waals surface area (Å²) < 4.78 is 0. The molecule has 2 N–H and O–H groups in total. The molecular weight excluding hydrogens is 464 g/mol. The first-order valence-electron chi connectivity index (χ1n) is 10.9. The Bertz CT molecular complexity index is 1160. The van der Waals surface area contributed by atoms with Crippen LogP contribution in [0.3, 0.4) is 0 Å². The highest BCUT2D eigenvalue weighted by atomic mass is 32.1. The van der Waals surface area contributed by atoms with Gasteiger partial charge in [-0.3, -0.25) is 9.59 Å². The van der Waals surface area contributed by atoms with Crippen molar-refractivity contribution in [2.24, 2.45) is 11.8 Å². The maximum atomic E-state index is 13.8. The van der Waals surface area contributed by atoms with Crippen LogP contribution in [-0.4, -0.2) is 21.8 Å². The number of hydrogen-bond acceptors (Lipinski definition) is 6. The number of thiazole rings is 2. The SMILES string of the molecule is O=C(Nc1nccs1)[C@H]1[C@H](C(=O)Nc2nccs2)[C@H](c2ccccc2)C=C[C@H]1c1ccccc1. The summed E-state index contributed by atoms with van der Waals surface area (Å²) in [7, 11) is 0. The van der Waals surface area contributed by atoms with Gasteiger partial charge >= 0.3 is 0 Å². The predicted octanol–water partition coefficient (Wildman–Crippen LogP) is 5.55. The molecule has 0 bridgehead atoms. The smallest absolute Gasteiger partial charge is 0.231 e. The molecule has 2 aromatic carbocycles. The fraction of sp³-hybridized carbons (Fsp3) is 0.154. The molecular formula is C26H22N4O2S2. The van der Waals surface area contributed by atoms with Gasteiger partial charge in [-0.25, -0.2) is 9.97 Å². The second kappa shape index (κ2) is 10.1. The normalized spacial score (nSPS) is 21.6. The Morgan fingerprint density at radius 1 is 0.647 bits per heavy atom. The fourth-order valence-corrected chi connectivity index (χ4v) is 5.58. The molecule has 8 heteroatoms. The average molecular weight is 487 g/mol. The number of carbonyl (C=O) groups is 2. The van der Waals surface area contributed by atoms with Crippen molar-refractivity contribution in [1.29, 1.82) is 0 Å². The molecule has 2 amide bonds. The summed E-state index contributed by atoms with van der Waals surface area (Å²) in [5.41, 5.74) is 1.97. The van der Waals surface area contributed by atoms with Gasteiger partial charge in [-0.15, -0.1) is 22.7 Å². The Hall–Kier alpha value is -3.62. The van der Waals surface area contributed by atoms with Gasteiger partial charge in [0.2, 0.25) is 11.8 Å². The van der Waals surface area contributed by atoms with Gasteiger partial charge in [0.1, 0.15) is 0 Å². The molecule has 2 aromatic heterocycles. The van der Waals surface area contributed by atoms with E-state index in [0.717, 1.165) is 11.1 Å². The third-order valence-corrected chi connectivity index (χ3v) is 7.36. The Kier molecular flexibility index (Phi) is 6.60. The fourth-order valence-electron chi connectivity index (χ4n) is 4.51. The van der Waals surface area contributed by atoms with Crippen LogP contribution in [-0.2, 0) is 9.59 Å². The van der Waals surface area contributed by atoms with Gasteiger partial charge in [0.05, 0.1) is 11.8 Å². The predicted molar refractivity (Wildman–Crippen MR) is 136 cm³/mol. The van der Waals surface area contributed by atoms with E-state index in [1.165, 1.54) is 22.7 Å². The Labute approximate surface area is 205 Å². The van der Waals surface area contributed by atoms with E-state index in [9.17, 15) is 9.59 Å². The molecule has 1 aliphatic carbocycles. The van der Waals surface area contributed by atoms with Crippen molar-refractivity contribution in [3.8, 4) is 0 Å². The highest BCUT2D eigenvalue weighted by Crippen LogP contribution is 2.45. The molecule has 0 radical (unpaired) electrons. The lowest BCUT2D eigenvalue weighted by atomic mass is 9.65. The first kappa shape index (κ1) is 22.2. The molecule has 0 fully saturated rings. The number of amides is 2. The van der Waals surface area contributed by atoms with E-state index in [1.54, 1.807) is 12.4 Å². The van der Waals surface area contributed by atoms with E-state index in [4.69, 9.17) is 0 Å². The van der Waals surface area contributed by atoms with Gasteiger partial charge in [-0.2, -0.15) is 0 Å². The summed E-state index contributed by atoms with van der Waals surface area (Å²) in [5, 5.41) is 10.5. The Balaban J connectivity index is 1.59. The minimum absolute atomic E-state index is 0.228. The van der Waals surface area contributed by atoms with Crippen LogP contribution in [0.2, 0.25) is 0 Å². The van der Waals surface area contributed by atoms with Crippen LogP contribution in [0.25, 0.3) is 0 Å². The lowest BCUT2D eigenvalue weighted by molar-refractivity contribution is -0.130. The summed E-state index contributed by atoms with van der Waals surface area (Å²) in [6.07, 6.45) is 7.42. The Morgan fingerprint density at radius 2 is 1.06 bits per heavy atom. The van der Waals surface area contributed by atoms with Crippen LogP contribution in [0.1, 0.15) is 23.0 Å². The van der Waals surface area contributed by atoms with Crippen molar-refractivity contribution in [2.45, 2.75) is 11.8 Å². The summed E-state index contributed by atoms with van der Waals surface area (Å²) in [5.74, 6) is -2.30. The van der Waals surface area contributed by atoms with E-state index in [-0.39, 0.29) is 23.7 Å². The highest BCUT2D eigenvalue weighted by Gasteiger charge is 2.46. The van der Waals surface area contributed by atoms with Crippen molar-refractivity contribution in [3.05, 3.63) is 107 Å². The molecule has 5 rings (SSSR count). The molecule has 0 spiro atoms. The number of aromatic nitrogens is 2. The molecule has 6 nitrogen and oxygen atoms in total. The number of hydrogen-bond donors (Lipinski definition) is 2. The number of benzene rings is 2. The van der Waals surface area contributed by atoms with Crippen molar-refractivity contribution in [2.75, 3.05) is 10.6 Å². The Morgan fingerprint density at radius 3 is 1.41 bits per heavy atom. The maximum absolute atomic E-state index is 13.8. The molecule has 0 saturated heterocycles. The topological polar surface area (TPSA) is 84.0 Å². The minimum Gasteiger partial charge on any atom is -0.302 e. The molecule has 4 atom stereocenters. The number of allylic oxidation sites excluding steroid dienone is 2. The largest absolute Gasteiger partial charge is 0.302 e. The van der Waals surface area contributed by atoms with E-state index >= 15 is 0 Å². The third kappa shape index (κ3) is 4.69. The summed E-state index contributed by atoms with van der Waals surface area (Å²) >= 11 is 2.71. The van der Waals surface area contributed by atoms with Crippen molar-refractivity contribution >= 4 is 44.8 Å². The molecule has 170 valence electrons. The second-order valence-electron chi connectivity index (χ2n) is 7.96. The van der Waals surface area contributed by atoms with E-state index in [1.807, 2.05) is 71.4 Å². The van der Waals surface area contributed by atoms with E-state index < -0.39 is 11.8 Å². The zero-order chi connectivity index (χ0) is 23.3. The van der Waals surface area contributed by atoms with Gasteiger partial charge in [0, 0.05) is 35.0 Å². The van der Waals surface area contributed by atoms with Crippen LogP contribution in [0, 0.1) is 11.8 Å². The van der Waals surface area contributed by atoms with Crippen LogP contribution < -0.4 is 10.6 Å². The third-order valence-electron chi connectivity index (χ3n) is 5.99. The lowest BCUT2D eigenvalue weighted by Gasteiger charge is -2.38. The van der Waals surface area contributed by atoms with E-state index in [0.29, 0.717) is 10.3 Å². The molecule has 34 heavy (non-hydrogen) atoms. The van der Waals surface area contributed by atoms with Gasteiger partial charge in [0.25, 0.3) is 0 Å². The number of carbonyl (C=O) groups excluding carboxylic acids is 2. The van der Waals surface area contributed by atoms with Crippen molar-refractivity contribution < 1.29 is 9.59 Å². The quantitative estimate of drug-likeness (QED) is 0.350. The van der Waals surface area contributed by atoms with E-state index in [2.05, 4.69) is 32.8 Å². The molecule has 0 saturated carbocycles. The minimum atomic E-state index is -0.651. The highest BCUT2D eigenvalue weighted by molar-refractivity contribution is 7.14. The van der Waals surface area contributed by atoms with Crippen LogP contribution in [0.15, 0.2) is 96.0 Å². The van der Waals surface area contributed by atoms with Gasteiger partial charge < -0.3 is 10.6 Å². The molecule has 1 aliphatic rings. The van der Waals surface area contributed by atoms with Gasteiger partial charge in [-0.05, 0) is 11.1 Å². The zero-order valence-electron chi connectivity index (χ0n) is 18.1. The molecule has 2 heterocycles. The first-order valence-corrected chi connectivity index (χ1v) is 12.7. The van der Waals surface area contributed by atoms with Crippen molar-refractivity contribution in [3.63, 3.8) is 0 Å². The molecule has 0 unspecified atom stereocenters. The van der Waals surface area contributed by atoms with Crippen LogP contribution >= 0.6 is 22.7 Å². The second-order valence-corrected chi connectivity index (χ2v) is 9.75. The monoisotopic (exact) mass is 486 g/mol. The van der Waals surface area contributed by atoms with Crippen LogP contribution in [0.5, 0.6) is 0 Å². The zero-order valence-corrected chi connectivity index (χ0v) is 19.7. The first-order chi connectivity index (χ1) is 16.7. The molecule has 4 aromatic rings. The number of rotatable bonds is 6. The number of anilines is 2. The van der Waals surface area contributed by atoms with Gasteiger partial charge in [0.15, 0.2) is 10.3 Å². The number of nitrogens with one attached hydrogen (secondary N) is 2. The molecule has 0 aliphatic heterocycles. The standard InChI is InChI=1S/C26H22N4O2S2/c31-23(29-25-27-13-15-33-25)21-19(17-7-3-1-4-8-17)11-12-20(18-9-5-2-6-10-18)22(21)24(32)30-26-28-14-16-34-26/h1-16,19-22H,(H,27,29,31)(H,28,30,32)/t19-,20-,21+,22+/m0/s1. The summed E-state index contributed by atoms with van der Waals surface area (Å²) in [6.45, 7) is 0. The van der Waals surface area contributed by atoms with Crippen molar-refractivity contribution in [1.82, 2.24) is 9.97 Å². The maximum Gasteiger partial charge on any atom is 0.231 e. The average Bonchev–Trinajstić information content (AvgIpc) is 3.59. The lowest BCUT2D eigenvalue weighted by Crippen LogP contribution is -2.44. The summed E-state index contributed by atoms with van der Waals surface area (Å²) in [6, 6.07) is 19.7.